The van der Waals surface area contributed by atoms with E-state index in [4.69, 9.17) is 4.74 Å². The number of carbonyl (C=O) groups is 2. The molecule has 1 heterocycles. The molecule has 0 aromatic heterocycles. The molecule has 144 valence electrons. The summed E-state index contributed by atoms with van der Waals surface area (Å²) in [6.45, 7) is 4.09. The predicted octanol–water partition coefficient (Wildman–Crippen LogP) is 3.75. The Kier molecular flexibility index (Phi) is 6.72. The van der Waals surface area contributed by atoms with Crippen molar-refractivity contribution in [3.05, 3.63) is 40.9 Å². The fraction of sp³-hybridized carbons (Fsp3) is 0.429. The van der Waals surface area contributed by atoms with Crippen LogP contribution in [0.5, 0.6) is 5.75 Å². The molecule has 0 spiro atoms. The standard InChI is InChI=1S/C21H25BrN2O3/c1-15-5-4-12-24(13-15)20(26)10-11-23-19(25)14-27-18-9-8-16-6-2-3-7-17(16)21(18)22/h2-3,6-9,15H,4-5,10-14H2,1H3,(H,23,25). The third-order valence-electron chi connectivity index (χ3n) is 4.86. The summed E-state index contributed by atoms with van der Waals surface area (Å²) in [5, 5.41) is 4.91. The van der Waals surface area contributed by atoms with Crippen LogP contribution in [-0.2, 0) is 9.59 Å². The first-order valence-electron chi connectivity index (χ1n) is 9.39. The molecule has 2 aromatic rings. The smallest absolute Gasteiger partial charge is 0.257 e. The topological polar surface area (TPSA) is 58.6 Å². The van der Waals surface area contributed by atoms with E-state index >= 15 is 0 Å². The van der Waals surface area contributed by atoms with Crippen LogP contribution in [-0.4, -0.2) is 43.0 Å². The Morgan fingerprint density at radius 1 is 1.26 bits per heavy atom. The van der Waals surface area contributed by atoms with Crippen molar-refractivity contribution in [3.8, 4) is 5.75 Å². The Morgan fingerprint density at radius 3 is 2.89 bits per heavy atom. The molecule has 0 radical (unpaired) electrons. The monoisotopic (exact) mass is 432 g/mol. The molecule has 5 nitrogen and oxygen atoms in total. The van der Waals surface area contributed by atoms with Crippen LogP contribution in [0, 0.1) is 5.92 Å². The van der Waals surface area contributed by atoms with Gasteiger partial charge in [0.05, 0.1) is 4.47 Å². The maximum Gasteiger partial charge on any atom is 0.257 e. The van der Waals surface area contributed by atoms with E-state index in [9.17, 15) is 9.59 Å². The lowest BCUT2D eigenvalue weighted by molar-refractivity contribution is -0.132. The lowest BCUT2D eigenvalue weighted by Crippen LogP contribution is -2.41. The van der Waals surface area contributed by atoms with Gasteiger partial charge in [-0.3, -0.25) is 9.59 Å². The Hall–Kier alpha value is -2.08. The quantitative estimate of drug-likeness (QED) is 0.755. The number of nitrogens with one attached hydrogen (secondary N) is 1. The molecular formula is C21H25BrN2O3. The van der Waals surface area contributed by atoms with Gasteiger partial charge in [-0.25, -0.2) is 0 Å². The van der Waals surface area contributed by atoms with Gasteiger partial charge in [0.15, 0.2) is 6.61 Å². The molecule has 1 aliphatic rings. The number of benzene rings is 2. The number of rotatable bonds is 6. The zero-order valence-electron chi connectivity index (χ0n) is 15.5. The highest BCUT2D eigenvalue weighted by molar-refractivity contribution is 9.10. The van der Waals surface area contributed by atoms with Crippen LogP contribution >= 0.6 is 15.9 Å². The highest BCUT2D eigenvalue weighted by Crippen LogP contribution is 2.32. The highest BCUT2D eigenvalue weighted by atomic mass is 79.9. The van der Waals surface area contributed by atoms with E-state index < -0.39 is 0 Å². The fourth-order valence-electron chi connectivity index (χ4n) is 3.40. The number of likely N-dealkylation sites (tertiary alicyclic amines) is 1. The number of ether oxygens (including phenoxy) is 1. The molecule has 6 heteroatoms. The Balaban J connectivity index is 1.43. The minimum atomic E-state index is -0.227. The van der Waals surface area contributed by atoms with Crippen molar-refractivity contribution in [2.24, 2.45) is 5.92 Å². The predicted molar refractivity (Wildman–Crippen MR) is 110 cm³/mol. The van der Waals surface area contributed by atoms with Crippen LogP contribution < -0.4 is 10.1 Å². The van der Waals surface area contributed by atoms with Crippen LogP contribution in [0.1, 0.15) is 26.2 Å². The molecule has 0 bridgehead atoms. The molecule has 1 atom stereocenters. The first kappa shape index (κ1) is 19.7. The fourth-order valence-corrected chi connectivity index (χ4v) is 4.01. The van der Waals surface area contributed by atoms with Crippen molar-refractivity contribution >= 4 is 38.5 Å². The number of piperidine rings is 1. The van der Waals surface area contributed by atoms with Crippen molar-refractivity contribution in [3.63, 3.8) is 0 Å². The lowest BCUT2D eigenvalue weighted by Gasteiger charge is -2.31. The van der Waals surface area contributed by atoms with Gasteiger partial charge in [-0.2, -0.15) is 0 Å². The highest BCUT2D eigenvalue weighted by Gasteiger charge is 2.20. The minimum absolute atomic E-state index is 0.0775. The average molecular weight is 433 g/mol. The van der Waals surface area contributed by atoms with Gasteiger partial charge in [-0.05, 0) is 51.5 Å². The maximum absolute atomic E-state index is 12.2. The molecule has 2 amide bonds. The zero-order valence-corrected chi connectivity index (χ0v) is 17.1. The second-order valence-corrected chi connectivity index (χ2v) is 7.87. The summed E-state index contributed by atoms with van der Waals surface area (Å²) in [4.78, 5) is 26.1. The molecule has 1 N–H and O–H groups in total. The molecule has 27 heavy (non-hydrogen) atoms. The number of nitrogens with zero attached hydrogens (tertiary/aromatic N) is 1. The number of carbonyl (C=O) groups excluding carboxylic acids is 2. The van der Waals surface area contributed by atoms with Gasteiger partial charge in [0.2, 0.25) is 5.91 Å². The molecule has 3 rings (SSSR count). The number of halogens is 1. The molecule has 2 aromatic carbocycles. The van der Waals surface area contributed by atoms with Crippen LogP contribution in [0.2, 0.25) is 0 Å². The van der Waals surface area contributed by atoms with E-state index in [0.29, 0.717) is 24.6 Å². The van der Waals surface area contributed by atoms with Crippen LogP contribution in [0.15, 0.2) is 40.9 Å². The molecule has 0 aliphatic carbocycles. The van der Waals surface area contributed by atoms with Gasteiger partial charge >= 0.3 is 0 Å². The number of hydrogen-bond acceptors (Lipinski definition) is 3. The van der Waals surface area contributed by atoms with E-state index in [1.807, 2.05) is 41.3 Å². The van der Waals surface area contributed by atoms with Gasteiger partial charge in [0.1, 0.15) is 5.75 Å². The van der Waals surface area contributed by atoms with Gasteiger partial charge in [0.25, 0.3) is 5.91 Å². The van der Waals surface area contributed by atoms with Crippen LogP contribution in [0.25, 0.3) is 10.8 Å². The van der Waals surface area contributed by atoms with E-state index in [0.717, 1.165) is 34.8 Å². The zero-order chi connectivity index (χ0) is 19.2. The van der Waals surface area contributed by atoms with Crippen molar-refractivity contribution < 1.29 is 14.3 Å². The number of fused-ring (bicyclic) bond motifs is 1. The van der Waals surface area contributed by atoms with E-state index in [-0.39, 0.29) is 18.4 Å². The van der Waals surface area contributed by atoms with E-state index in [2.05, 4.69) is 28.2 Å². The molecule has 1 saturated heterocycles. The summed E-state index contributed by atoms with van der Waals surface area (Å²) in [5.74, 6) is 1.07. The molecule has 1 fully saturated rings. The lowest BCUT2D eigenvalue weighted by atomic mass is 10.00. The third kappa shape index (κ3) is 5.22. The summed E-state index contributed by atoms with van der Waals surface area (Å²) in [5.41, 5.74) is 0. The summed E-state index contributed by atoms with van der Waals surface area (Å²) in [7, 11) is 0. The van der Waals surface area contributed by atoms with E-state index in [1.165, 1.54) is 6.42 Å². The molecule has 0 saturated carbocycles. The largest absolute Gasteiger partial charge is 0.483 e. The molecular weight excluding hydrogens is 408 g/mol. The first-order chi connectivity index (χ1) is 13.0. The molecule has 1 aliphatic heterocycles. The van der Waals surface area contributed by atoms with Crippen molar-refractivity contribution in [1.29, 1.82) is 0 Å². The van der Waals surface area contributed by atoms with Crippen LogP contribution in [0.4, 0.5) is 0 Å². The van der Waals surface area contributed by atoms with Crippen molar-refractivity contribution in [1.82, 2.24) is 10.2 Å². The summed E-state index contributed by atoms with van der Waals surface area (Å²) in [6.07, 6.45) is 2.58. The number of hydrogen-bond donors (Lipinski definition) is 1. The second-order valence-electron chi connectivity index (χ2n) is 7.07. The summed E-state index contributed by atoms with van der Waals surface area (Å²) >= 11 is 3.55. The van der Waals surface area contributed by atoms with Crippen molar-refractivity contribution in [2.75, 3.05) is 26.2 Å². The minimum Gasteiger partial charge on any atom is -0.483 e. The first-order valence-corrected chi connectivity index (χ1v) is 10.2. The third-order valence-corrected chi connectivity index (χ3v) is 5.68. The Labute approximate surface area is 168 Å². The average Bonchev–Trinajstić information content (AvgIpc) is 2.67. The Bertz CT molecular complexity index is 824. The van der Waals surface area contributed by atoms with Crippen LogP contribution in [0.3, 0.4) is 0 Å². The van der Waals surface area contributed by atoms with Gasteiger partial charge in [-0.15, -0.1) is 0 Å². The van der Waals surface area contributed by atoms with Gasteiger partial charge in [-0.1, -0.05) is 37.3 Å². The van der Waals surface area contributed by atoms with Gasteiger partial charge < -0.3 is 15.0 Å². The van der Waals surface area contributed by atoms with E-state index in [1.54, 1.807) is 0 Å². The Morgan fingerprint density at radius 2 is 2.07 bits per heavy atom. The summed E-state index contributed by atoms with van der Waals surface area (Å²) < 4.78 is 6.48. The number of amides is 2. The normalized spacial score (nSPS) is 17.0. The molecule has 1 unspecified atom stereocenters. The summed E-state index contributed by atoms with van der Waals surface area (Å²) in [6, 6.07) is 11.8. The van der Waals surface area contributed by atoms with Crippen molar-refractivity contribution in [2.45, 2.75) is 26.2 Å². The second kappa shape index (κ2) is 9.22. The van der Waals surface area contributed by atoms with Gasteiger partial charge in [0, 0.05) is 26.1 Å². The SMILES string of the molecule is CC1CCCN(C(=O)CCNC(=O)COc2ccc3ccccc3c2Br)C1. The maximum atomic E-state index is 12.2.